The number of carbonyl (C=O) groups is 1. The zero-order chi connectivity index (χ0) is 26.5. The van der Waals surface area contributed by atoms with Crippen molar-refractivity contribution < 1.29 is 9.53 Å². The van der Waals surface area contributed by atoms with Crippen LogP contribution in [0.3, 0.4) is 0 Å². The monoisotopic (exact) mass is 743 g/mol. The van der Waals surface area contributed by atoms with Gasteiger partial charge in [0.1, 0.15) is 17.4 Å². The molecule has 1 N–H and O–H groups in total. The molecule has 0 atom stereocenters. The highest BCUT2D eigenvalue weighted by molar-refractivity contribution is 14.1. The highest BCUT2D eigenvalue weighted by Crippen LogP contribution is 2.40. The van der Waals surface area contributed by atoms with E-state index in [1.54, 1.807) is 23.5 Å². The minimum Gasteiger partial charge on any atom is -0.487 e. The normalized spacial score (nSPS) is 12.7. The summed E-state index contributed by atoms with van der Waals surface area (Å²) in [5, 5.41) is 12.8. The lowest BCUT2D eigenvalue weighted by atomic mass is 9.95. The largest absolute Gasteiger partial charge is 0.487 e. The molecule has 0 unspecified atom stereocenters. The maximum atomic E-state index is 13.4. The molecule has 1 amide bonds. The topological polar surface area (TPSA) is 74.5 Å². The quantitative estimate of drug-likeness (QED) is 0.153. The van der Waals surface area contributed by atoms with Crippen LogP contribution in [0.25, 0.3) is 0 Å². The molecule has 0 spiro atoms. The van der Waals surface area contributed by atoms with Crippen molar-refractivity contribution in [3.8, 4) is 11.8 Å². The van der Waals surface area contributed by atoms with Crippen molar-refractivity contribution in [2.45, 2.75) is 32.3 Å². The van der Waals surface area contributed by atoms with E-state index in [-0.39, 0.29) is 5.91 Å². The lowest BCUT2D eigenvalue weighted by Gasteiger charge is -2.13. The molecule has 0 aliphatic heterocycles. The van der Waals surface area contributed by atoms with Gasteiger partial charge in [0.25, 0.3) is 5.91 Å². The summed E-state index contributed by atoms with van der Waals surface area (Å²) in [7, 11) is 0. The van der Waals surface area contributed by atoms with Gasteiger partial charge in [-0.2, -0.15) is 5.26 Å². The lowest BCUT2D eigenvalue weighted by molar-refractivity contribution is 0.102. The number of nitriles is 1. The first-order valence-electron chi connectivity index (χ1n) is 12.2. The van der Waals surface area contributed by atoms with Crippen LogP contribution in [0.15, 0.2) is 71.7 Å². The van der Waals surface area contributed by atoms with Gasteiger partial charge in [0, 0.05) is 25.9 Å². The molecular formula is C30H23I2N3O2S. The van der Waals surface area contributed by atoms with Gasteiger partial charge in [-0.15, -0.1) is 11.3 Å². The molecule has 0 radical (unpaired) electrons. The van der Waals surface area contributed by atoms with Gasteiger partial charge >= 0.3 is 0 Å². The zero-order valence-corrected chi connectivity index (χ0v) is 25.5. The van der Waals surface area contributed by atoms with Crippen molar-refractivity contribution in [3.63, 3.8) is 0 Å². The van der Waals surface area contributed by atoms with Crippen LogP contribution in [0.4, 0.5) is 10.7 Å². The molecule has 0 bridgehead atoms. The highest BCUT2D eigenvalue weighted by Gasteiger charge is 2.25. The van der Waals surface area contributed by atoms with Gasteiger partial charge in [0.2, 0.25) is 0 Å². The number of nitrogens with one attached hydrogen (secondary N) is 1. The number of hydrogen-bond acceptors (Lipinski definition) is 5. The van der Waals surface area contributed by atoms with Crippen LogP contribution >= 0.6 is 56.5 Å². The smallest absolute Gasteiger partial charge is 0.259 e. The van der Waals surface area contributed by atoms with E-state index in [4.69, 9.17) is 15.0 Å². The first-order chi connectivity index (χ1) is 18.5. The molecule has 1 heterocycles. The zero-order valence-electron chi connectivity index (χ0n) is 20.3. The number of fused-ring (bicyclic) bond motifs is 1. The number of carbonyl (C=O) groups excluding carboxylic acids is 1. The molecule has 8 heteroatoms. The first-order valence-corrected chi connectivity index (χ1v) is 15.1. The van der Waals surface area contributed by atoms with Crippen LogP contribution in [-0.4, -0.2) is 12.1 Å². The molecule has 3 aromatic carbocycles. The molecular weight excluding hydrogens is 720 g/mol. The number of rotatable bonds is 7. The molecule has 38 heavy (non-hydrogen) atoms. The maximum Gasteiger partial charge on any atom is 0.259 e. The van der Waals surface area contributed by atoms with Crippen LogP contribution in [0.1, 0.15) is 50.3 Å². The van der Waals surface area contributed by atoms with E-state index in [1.165, 1.54) is 4.88 Å². The molecule has 0 saturated heterocycles. The average Bonchev–Trinajstić information content (AvgIpc) is 3.30. The molecule has 1 aromatic heterocycles. The molecule has 4 aromatic rings. The Morgan fingerprint density at radius 2 is 1.84 bits per heavy atom. The van der Waals surface area contributed by atoms with Crippen molar-refractivity contribution >= 4 is 79.3 Å². The number of amides is 1. The second-order valence-electron chi connectivity index (χ2n) is 8.87. The number of thiophene rings is 1. The Morgan fingerprint density at radius 3 is 2.61 bits per heavy atom. The Morgan fingerprint density at radius 1 is 1.08 bits per heavy atom. The van der Waals surface area contributed by atoms with E-state index >= 15 is 0 Å². The van der Waals surface area contributed by atoms with Crippen LogP contribution in [0.2, 0.25) is 0 Å². The summed E-state index contributed by atoms with van der Waals surface area (Å²) in [4.78, 5) is 19.6. The van der Waals surface area contributed by atoms with Crippen molar-refractivity contribution in [1.29, 1.82) is 5.26 Å². The molecule has 0 saturated carbocycles. The summed E-state index contributed by atoms with van der Waals surface area (Å²) >= 11 is 6.20. The summed E-state index contributed by atoms with van der Waals surface area (Å²) < 4.78 is 8.31. The van der Waals surface area contributed by atoms with Crippen molar-refractivity contribution in [1.82, 2.24) is 0 Å². The van der Waals surface area contributed by atoms with Gasteiger partial charge < -0.3 is 10.1 Å². The molecule has 1 aliphatic carbocycles. The summed E-state index contributed by atoms with van der Waals surface area (Å²) in [5.41, 5.74) is 5.05. The molecule has 5 nitrogen and oxygen atoms in total. The van der Waals surface area contributed by atoms with E-state index in [9.17, 15) is 4.79 Å². The number of nitrogens with zero attached hydrogens (tertiary/aromatic N) is 2. The fourth-order valence-electron chi connectivity index (χ4n) is 4.38. The van der Waals surface area contributed by atoms with Crippen LogP contribution in [0, 0.1) is 18.5 Å². The summed E-state index contributed by atoms with van der Waals surface area (Å²) in [5.74, 6) is 0.632. The third-order valence-electron chi connectivity index (χ3n) is 6.24. The Hall–Kier alpha value is -2.75. The molecule has 0 fully saturated rings. The van der Waals surface area contributed by atoms with Gasteiger partial charge in [-0.1, -0.05) is 30.3 Å². The van der Waals surface area contributed by atoms with Crippen LogP contribution in [0.5, 0.6) is 5.75 Å². The van der Waals surface area contributed by atoms with Gasteiger partial charge in [-0.05, 0) is 118 Å². The number of ether oxygens (including phenoxy) is 1. The van der Waals surface area contributed by atoms with Gasteiger partial charge in [-0.25, -0.2) is 4.99 Å². The van der Waals surface area contributed by atoms with Crippen molar-refractivity contribution in [2.75, 3.05) is 5.32 Å². The lowest BCUT2D eigenvalue weighted by Crippen LogP contribution is -2.14. The molecule has 190 valence electrons. The maximum absolute atomic E-state index is 13.4. The Kier molecular flexibility index (Phi) is 8.76. The fourth-order valence-corrected chi connectivity index (χ4v) is 7.66. The first kappa shape index (κ1) is 26.8. The van der Waals surface area contributed by atoms with E-state index in [0.29, 0.717) is 17.7 Å². The van der Waals surface area contributed by atoms with E-state index in [2.05, 4.69) is 62.6 Å². The minimum atomic E-state index is -0.114. The minimum absolute atomic E-state index is 0.114. The second kappa shape index (κ2) is 12.4. The summed E-state index contributed by atoms with van der Waals surface area (Å²) in [6, 6.07) is 23.2. The van der Waals surface area contributed by atoms with E-state index in [0.717, 1.165) is 66.0 Å². The summed E-state index contributed by atoms with van der Waals surface area (Å²) in [6.45, 7) is 0.376. The van der Waals surface area contributed by atoms with Gasteiger partial charge in [0.05, 0.1) is 20.8 Å². The Balaban J connectivity index is 1.45. The highest BCUT2D eigenvalue weighted by atomic mass is 127. The number of halogens is 2. The van der Waals surface area contributed by atoms with Crippen molar-refractivity contribution in [2.24, 2.45) is 4.99 Å². The summed E-state index contributed by atoms with van der Waals surface area (Å²) in [6.07, 6.45) is 5.93. The third kappa shape index (κ3) is 6.27. The fraction of sp³-hybridized carbons (Fsp3) is 0.167. The van der Waals surface area contributed by atoms with Crippen molar-refractivity contribution in [3.05, 3.63) is 107 Å². The second-order valence-corrected chi connectivity index (χ2v) is 12.4. The van der Waals surface area contributed by atoms with Crippen LogP contribution < -0.4 is 10.1 Å². The predicted octanol–water partition coefficient (Wildman–Crippen LogP) is 8.29. The number of anilines is 1. The number of para-hydroxylation sites is 1. The standard InChI is InChI=1S/C30H23I2N3O2S/c31-22-14-21(28(25(32)15-22)37-18-20-12-10-19(16-33)11-13-20)17-34-30-27(24-8-4-5-9-26(24)38-30)29(36)35-23-6-2-1-3-7-23/h1-3,6-7,10-15,17H,4-5,8-9,18H2,(H,35,36). The number of benzene rings is 3. The predicted molar refractivity (Wildman–Crippen MR) is 170 cm³/mol. The Labute approximate surface area is 253 Å². The third-order valence-corrected chi connectivity index (χ3v) is 8.86. The number of aliphatic imine (C=N–C) groups is 1. The Bertz CT molecular complexity index is 1540. The van der Waals surface area contributed by atoms with Gasteiger partial charge in [-0.3, -0.25) is 4.79 Å². The van der Waals surface area contributed by atoms with Gasteiger partial charge in [0.15, 0.2) is 0 Å². The number of hydrogen-bond donors (Lipinski definition) is 1. The number of aryl methyl sites for hydroxylation is 1. The molecule has 1 aliphatic rings. The SMILES string of the molecule is N#Cc1ccc(COc2c(I)cc(I)cc2C=Nc2sc3c(c2C(=O)Nc2ccccc2)CCCC3)cc1. The van der Waals surface area contributed by atoms with E-state index in [1.807, 2.05) is 54.7 Å². The average molecular weight is 743 g/mol. The van der Waals surface area contributed by atoms with Crippen LogP contribution in [-0.2, 0) is 19.4 Å². The molecule has 5 rings (SSSR count). The van der Waals surface area contributed by atoms with E-state index < -0.39 is 0 Å².